The molecule has 88 valence electrons. The van der Waals surface area contributed by atoms with Crippen molar-refractivity contribution in [3.05, 3.63) is 0 Å². The molecule has 0 radical (unpaired) electrons. The van der Waals surface area contributed by atoms with Crippen LogP contribution in [-0.4, -0.2) is 37.4 Å². The number of ether oxygens (including phenoxy) is 2. The molecule has 0 fully saturated rings. The number of amides is 2. The van der Waals surface area contributed by atoms with Crippen molar-refractivity contribution in [3.63, 3.8) is 0 Å². The molecule has 0 bridgehead atoms. The Bertz CT molecular complexity index is 235. The minimum atomic E-state index is -0.871. The van der Waals surface area contributed by atoms with Gasteiger partial charge in [-0.2, -0.15) is 0 Å². The van der Waals surface area contributed by atoms with E-state index in [2.05, 4.69) is 5.32 Å². The van der Waals surface area contributed by atoms with E-state index < -0.39 is 23.6 Å². The number of methoxy groups -OCH3 is 1. The van der Waals surface area contributed by atoms with E-state index in [0.29, 0.717) is 0 Å². The summed E-state index contributed by atoms with van der Waals surface area (Å²) in [5.74, 6) is -0.664. The summed E-state index contributed by atoms with van der Waals surface area (Å²) in [6.45, 7) is 5.20. The quantitative estimate of drug-likeness (QED) is 0.695. The Labute approximate surface area is 89.1 Å². The molecule has 0 saturated carbocycles. The minimum Gasteiger partial charge on any atom is -0.444 e. The molecular formula is C9H18N2O4. The summed E-state index contributed by atoms with van der Waals surface area (Å²) in [5, 5.41) is 2.31. The molecule has 0 unspecified atom stereocenters. The van der Waals surface area contributed by atoms with Crippen LogP contribution in [0, 0.1) is 0 Å². The Hall–Kier alpha value is -1.30. The van der Waals surface area contributed by atoms with E-state index in [0.717, 1.165) is 0 Å². The zero-order valence-corrected chi connectivity index (χ0v) is 9.49. The smallest absolute Gasteiger partial charge is 0.408 e. The summed E-state index contributed by atoms with van der Waals surface area (Å²) in [7, 11) is 1.41. The largest absolute Gasteiger partial charge is 0.444 e. The molecule has 0 aromatic carbocycles. The first kappa shape index (κ1) is 13.7. The summed E-state index contributed by atoms with van der Waals surface area (Å²) in [5.41, 5.74) is 4.43. The van der Waals surface area contributed by atoms with Crippen LogP contribution in [-0.2, 0) is 14.3 Å². The first-order valence-corrected chi connectivity index (χ1v) is 4.54. The first-order valence-electron chi connectivity index (χ1n) is 4.54. The number of primary amides is 1. The maximum Gasteiger partial charge on any atom is 0.408 e. The van der Waals surface area contributed by atoms with Crippen LogP contribution in [0.4, 0.5) is 4.79 Å². The van der Waals surface area contributed by atoms with Crippen LogP contribution in [0.25, 0.3) is 0 Å². The van der Waals surface area contributed by atoms with Gasteiger partial charge < -0.3 is 20.5 Å². The normalized spacial score (nSPS) is 13.1. The van der Waals surface area contributed by atoms with E-state index in [9.17, 15) is 9.59 Å². The SMILES string of the molecule is COC[C@@H](NC(=O)OC(C)(C)C)C(N)=O. The zero-order valence-electron chi connectivity index (χ0n) is 9.49. The average molecular weight is 218 g/mol. The third-order valence-electron chi connectivity index (χ3n) is 1.37. The minimum absolute atomic E-state index is 0.0224. The fourth-order valence-corrected chi connectivity index (χ4v) is 0.811. The van der Waals surface area contributed by atoms with Gasteiger partial charge in [0.15, 0.2) is 0 Å². The second-order valence-corrected chi connectivity index (χ2v) is 4.06. The number of nitrogens with one attached hydrogen (secondary N) is 1. The fraction of sp³-hybridized carbons (Fsp3) is 0.778. The Morgan fingerprint density at radius 1 is 1.40 bits per heavy atom. The maximum atomic E-state index is 11.3. The van der Waals surface area contributed by atoms with Gasteiger partial charge in [-0.1, -0.05) is 0 Å². The van der Waals surface area contributed by atoms with E-state index in [1.807, 2.05) is 0 Å². The average Bonchev–Trinajstić information content (AvgIpc) is 1.99. The molecule has 0 aliphatic carbocycles. The summed E-state index contributed by atoms with van der Waals surface area (Å²) in [6.07, 6.45) is -0.691. The molecule has 0 aromatic rings. The van der Waals surface area contributed by atoms with Crippen molar-refractivity contribution in [1.82, 2.24) is 5.32 Å². The van der Waals surface area contributed by atoms with E-state index in [1.54, 1.807) is 20.8 Å². The maximum absolute atomic E-state index is 11.3. The van der Waals surface area contributed by atoms with E-state index in [-0.39, 0.29) is 6.61 Å². The Morgan fingerprint density at radius 3 is 2.27 bits per heavy atom. The molecule has 15 heavy (non-hydrogen) atoms. The van der Waals surface area contributed by atoms with E-state index in [4.69, 9.17) is 15.2 Å². The van der Waals surface area contributed by atoms with Crippen molar-refractivity contribution in [2.24, 2.45) is 5.73 Å². The number of rotatable bonds is 4. The molecule has 2 amide bonds. The molecule has 1 atom stereocenters. The van der Waals surface area contributed by atoms with Crippen molar-refractivity contribution >= 4 is 12.0 Å². The van der Waals surface area contributed by atoms with Gasteiger partial charge in [-0.25, -0.2) is 4.79 Å². The van der Waals surface area contributed by atoms with Gasteiger partial charge in [0.25, 0.3) is 0 Å². The van der Waals surface area contributed by atoms with Crippen LogP contribution >= 0.6 is 0 Å². The van der Waals surface area contributed by atoms with Crippen LogP contribution in [0.1, 0.15) is 20.8 Å². The second kappa shape index (κ2) is 5.55. The van der Waals surface area contributed by atoms with E-state index in [1.165, 1.54) is 7.11 Å². The molecule has 0 aliphatic heterocycles. The van der Waals surface area contributed by atoms with Crippen molar-refractivity contribution in [2.75, 3.05) is 13.7 Å². The molecule has 0 rings (SSSR count). The van der Waals surface area contributed by atoms with Gasteiger partial charge in [-0.05, 0) is 20.8 Å². The summed E-state index contributed by atoms with van der Waals surface area (Å²) in [4.78, 5) is 22.1. The number of alkyl carbamates (subject to hydrolysis) is 1. The lowest BCUT2D eigenvalue weighted by atomic mass is 10.2. The lowest BCUT2D eigenvalue weighted by Gasteiger charge is -2.21. The fourth-order valence-electron chi connectivity index (χ4n) is 0.811. The number of nitrogens with two attached hydrogens (primary N) is 1. The molecule has 6 heteroatoms. The van der Waals surface area contributed by atoms with Crippen molar-refractivity contribution < 1.29 is 19.1 Å². The molecule has 0 aliphatic rings. The van der Waals surface area contributed by atoms with Gasteiger partial charge in [0.05, 0.1) is 6.61 Å². The second-order valence-electron chi connectivity index (χ2n) is 4.06. The first-order chi connectivity index (χ1) is 6.76. The topological polar surface area (TPSA) is 90.7 Å². The standard InChI is InChI=1S/C9H18N2O4/c1-9(2,3)15-8(13)11-6(5-14-4)7(10)12/h6H,5H2,1-4H3,(H2,10,12)(H,11,13)/t6-/m1/s1. The van der Waals surface area contributed by atoms with Crippen molar-refractivity contribution in [1.29, 1.82) is 0 Å². The molecular weight excluding hydrogens is 200 g/mol. The predicted octanol–water partition coefficient (Wildman–Crippen LogP) is 0.0114. The molecule has 0 heterocycles. The third kappa shape index (κ3) is 6.73. The lowest BCUT2D eigenvalue weighted by molar-refractivity contribution is -0.121. The van der Waals surface area contributed by atoms with Crippen molar-refractivity contribution in [3.8, 4) is 0 Å². The highest BCUT2D eigenvalue weighted by Crippen LogP contribution is 2.06. The van der Waals surface area contributed by atoms with E-state index >= 15 is 0 Å². The summed E-state index contributed by atoms with van der Waals surface area (Å²) < 4.78 is 9.68. The van der Waals surface area contributed by atoms with Gasteiger partial charge in [0.1, 0.15) is 11.6 Å². The highest BCUT2D eigenvalue weighted by Gasteiger charge is 2.22. The monoisotopic (exact) mass is 218 g/mol. The number of hydrogen-bond acceptors (Lipinski definition) is 4. The third-order valence-corrected chi connectivity index (χ3v) is 1.37. The molecule has 0 saturated heterocycles. The van der Waals surface area contributed by atoms with Crippen LogP contribution in [0.15, 0.2) is 0 Å². The summed E-state index contributed by atoms with van der Waals surface area (Å²) >= 11 is 0. The number of hydrogen-bond donors (Lipinski definition) is 2. The van der Waals surface area contributed by atoms with Gasteiger partial charge in [-0.3, -0.25) is 4.79 Å². The molecule has 3 N–H and O–H groups in total. The Balaban J connectivity index is 4.18. The predicted molar refractivity (Wildman–Crippen MR) is 54.2 cm³/mol. The highest BCUT2D eigenvalue weighted by atomic mass is 16.6. The van der Waals surface area contributed by atoms with Crippen molar-refractivity contribution in [2.45, 2.75) is 32.4 Å². The lowest BCUT2D eigenvalue weighted by Crippen LogP contribution is -2.48. The molecule has 6 nitrogen and oxygen atoms in total. The molecule has 0 spiro atoms. The van der Waals surface area contributed by atoms with Gasteiger partial charge in [-0.15, -0.1) is 0 Å². The summed E-state index contributed by atoms with van der Waals surface area (Å²) in [6, 6.07) is -0.871. The Kier molecular flexibility index (Phi) is 5.07. The Morgan fingerprint density at radius 2 is 1.93 bits per heavy atom. The highest BCUT2D eigenvalue weighted by molar-refractivity contribution is 5.84. The van der Waals surface area contributed by atoms with Gasteiger partial charge in [0.2, 0.25) is 5.91 Å². The number of carbonyl (C=O) groups is 2. The van der Waals surface area contributed by atoms with Gasteiger partial charge >= 0.3 is 6.09 Å². The van der Waals surface area contributed by atoms with Crippen LogP contribution < -0.4 is 11.1 Å². The van der Waals surface area contributed by atoms with Gasteiger partial charge in [0, 0.05) is 7.11 Å². The molecule has 0 aromatic heterocycles. The van der Waals surface area contributed by atoms with Crippen LogP contribution in [0.3, 0.4) is 0 Å². The van der Waals surface area contributed by atoms with Crippen LogP contribution in [0.2, 0.25) is 0 Å². The zero-order chi connectivity index (χ0) is 12.1. The van der Waals surface area contributed by atoms with Crippen LogP contribution in [0.5, 0.6) is 0 Å². The number of carbonyl (C=O) groups excluding carboxylic acids is 2.